The van der Waals surface area contributed by atoms with Crippen LogP contribution in [-0.4, -0.2) is 8.07 Å². The van der Waals surface area contributed by atoms with Gasteiger partial charge in [0.05, 0.1) is 11.4 Å². The van der Waals surface area contributed by atoms with Crippen molar-refractivity contribution in [3.63, 3.8) is 0 Å². The molecule has 9 rings (SSSR count). The van der Waals surface area contributed by atoms with Crippen LogP contribution in [0.1, 0.15) is 25.0 Å². The number of nitrogens with zero attached hydrogens (tertiary/aromatic N) is 1. The van der Waals surface area contributed by atoms with Crippen molar-refractivity contribution in [1.82, 2.24) is 0 Å². The second-order valence-corrected chi connectivity index (χ2v) is 16.9. The van der Waals surface area contributed by atoms with E-state index < -0.39 is 8.07 Å². The number of rotatable bonds is 1. The highest BCUT2D eigenvalue weighted by atomic mass is 32.2. The van der Waals surface area contributed by atoms with Gasteiger partial charge in [-0.2, -0.15) is 0 Å². The quantitative estimate of drug-likeness (QED) is 0.182. The molecule has 0 N–H and O–H groups in total. The van der Waals surface area contributed by atoms with Gasteiger partial charge in [-0.05, 0) is 80.4 Å². The van der Waals surface area contributed by atoms with Crippen molar-refractivity contribution in [3.8, 4) is 11.5 Å². The van der Waals surface area contributed by atoms with E-state index in [0.717, 1.165) is 17.2 Å². The molecule has 0 amide bonds. The Morgan fingerprint density at radius 1 is 0.535 bits per heavy atom. The topological polar surface area (TPSA) is 12.5 Å². The number of fused-ring (bicyclic) bond motifs is 10. The molecule has 0 atom stereocenters. The summed E-state index contributed by atoms with van der Waals surface area (Å²) in [5.41, 5.74) is 6.21. The van der Waals surface area contributed by atoms with E-state index in [9.17, 15) is 0 Å². The summed E-state index contributed by atoms with van der Waals surface area (Å²) in [5.74, 6) is 1.94. The van der Waals surface area contributed by atoms with Gasteiger partial charge in [0, 0.05) is 20.9 Å². The van der Waals surface area contributed by atoms with Crippen LogP contribution >= 0.6 is 11.8 Å². The largest absolute Gasteiger partial charge is 0.458 e. The van der Waals surface area contributed by atoms with Crippen LogP contribution in [0.15, 0.2) is 149 Å². The van der Waals surface area contributed by atoms with Crippen molar-refractivity contribution in [3.05, 3.63) is 151 Å². The van der Waals surface area contributed by atoms with E-state index in [1.165, 1.54) is 53.0 Å². The first kappa shape index (κ1) is 25.0. The maximum absolute atomic E-state index is 6.76. The molecule has 6 aromatic carbocycles. The smallest absolute Gasteiger partial charge is 0.190 e. The summed E-state index contributed by atoms with van der Waals surface area (Å²) in [4.78, 5) is 5.15. The lowest BCUT2D eigenvalue weighted by molar-refractivity contribution is 0.487. The number of hydrogen-bond donors (Lipinski definition) is 0. The number of ether oxygens (including phenoxy) is 1. The average Bonchev–Trinajstić information content (AvgIpc) is 3.05. The molecule has 0 saturated heterocycles. The van der Waals surface area contributed by atoms with Gasteiger partial charge in [-0.25, -0.2) is 0 Å². The molecule has 6 aromatic rings. The number of benzene rings is 6. The van der Waals surface area contributed by atoms with Gasteiger partial charge in [0.15, 0.2) is 8.07 Å². The highest BCUT2D eigenvalue weighted by Gasteiger charge is 2.52. The molecule has 2 nitrogen and oxygen atoms in total. The zero-order valence-corrected chi connectivity index (χ0v) is 25.9. The van der Waals surface area contributed by atoms with Gasteiger partial charge in [0.2, 0.25) is 0 Å². The van der Waals surface area contributed by atoms with E-state index in [0.29, 0.717) is 0 Å². The third-order valence-corrected chi connectivity index (χ3v) is 16.0. The normalized spacial score (nSPS) is 16.1. The number of hydrogen-bond acceptors (Lipinski definition) is 3. The fraction of sp³-hybridized carbons (Fsp3) is 0.0769. The van der Waals surface area contributed by atoms with Crippen molar-refractivity contribution in [2.45, 2.75) is 29.1 Å². The first-order chi connectivity index (χ1) is 21.1. The van der Waals surface area contributed by atoms with E-state index >= 15 is 0 Å². The van der Waals surface area contributed by atoms with E-state index in [4.69, 9.17) is 4.74 Å². The molecule has 1 spiro atoms. The van der Waals surface area contributed by atoms with Crippen LogP contribution in [0, 0.1) is 0 Å². The summed E-state index contributed by atoms with van der Waals surface area (Å²) in [7, 11) is -2.73. The molecule has 0 bridgehead atoms. The van der Waals surface area contributed by atoms with Gasteiger partial charge < -0.3 is 9.64 Å². The number of anilines is 3. The first-order valence-electron chi connectivity index (χ1n) is 14.9. The van der Waals surface area contributed by atoms with E-state index in [1.807, 2.05) is 11.8 Å². The maximum Gasteiger partial charge on any atom is 0.190 e. The third kappa shape index (κ3) is 3.31. The first-order valence-corrected chi connectivity index (χ1v) is 17.7. The molecule has 206 valence electrons. The zero-order chi connectivity index (χ0) is 28.8. The second-order valence-electron chi connectivity index (χ2n) is 12.1. The predicted molar refractivity (Wildman–Crippen MR) is 181 cm³/mol. The Hall–Kier alpha value is -4.51. The monoisotopic (exact) mass is 587 g/mol. The lowest BCUT2D eigenvalue weighted by Crippen LogP contribution is -2.77. The van der Waals surface area contributed by atoms with Gasteiger partial charge in [0.25, 0.3) is 0 Å². The highest BCUT2D eigenvalue weighted by Crippen LogP contribution is 2.52. The Morgan fingerprint density at radius 2 is 1.05 bits per heavy atom. The molecule has 0 aliphatic carbocycles. The Balaban J connectivity index is 1.38. The molecular weight excluding hydrogens is 559 g/mol. The summed E-state index contributed by atoms with van der Waals surface area (Å²) < 4.78 is 6.76. The standard InChI is InChI=1S/C39H29NOSSi/c1-39(2)27-13-3-5-15-29(27)40(30-16-6-4-14-28(30)39)26-23-24-32-38(25-26)43(35-20-10-7-17-31(35)41-32)36-21-11-8-18-33(36)42-34-19-9-12-22-37(34)43/h3-25H,1-2H3. The van der Waals surface area contributed by atoms with Gasteiger partial charge in [-0.1, -0.05) is 117 Å². The van der Waals surface area contributed by atoms with Gasteiger partial charge in [-0.15, -0.1) is 0 Å². The molecule has 0 radical (unpaired) electrons. The Morgan fingerprint density at radius 3 is 1.70 bits per heavy atom. The lowest BCUT2D eigenvalue weighted by atomic mass is 9.73. The summed E-state index contributed by atoms with van der Waals surface area (Å²) in [6.07, 6.45) is 0. The second kappa shape index (κ2) is 8.99. The lowest BCUT2D eigenvalue weighted by Gasteiger charge is -2.45. The van der Waals surface area contributed by atoms with Crippen molar-refractivity contribution >= 4 is 57.6 Å². The third-order valence-electron chi connectivity index (χ3n) is 9.57. The summed E-state index contributed by atoms with van der Waals surface area (Å²) >= 11 is 1.90. The molecule has 0 fully saturated rings. The number of para-hydroxylation sites is 3. The van der Waals surface area contributed by atoms with E-state index in [2.05, 4.69) is 158 Å². The van der Waals surface area contributed by atoms with Crippen molar-refractivity contribution in [2.24, 2.45) is 0 Å². The highest BCUT2D eigenvalue weighted by molar-refractivity contribution is 8.00. The van der Waals surface area contributed by atoms with Gasteiger partial charge in [-0.3, -0.25) is 0 Å². The minimum atomic E-state index is -2.73. The van der Waals surface area contributed by atoms with Crippen molar-refractivity contribution < 1.29 is 4.74 Å². The molecule has 0 aromatic heterocycles. The fourth-order valence-corrected chi connectivity index (χ4v) is 14.9. The van der Waals surface area contributed by atoms with Crippen LogP contribution in [0.2, 0.25) is 0 Å². The van der Waals surface area contributed by atoms with Crippen LogP contribution in [0.3, 0.4) is 0 Å². The van der Waals surface area contributed by atoms with Crippen LogP contribution in [0.5, 0.6) is 11.5 Å². The van der Waals surface area contributed by atoms with Gasteiger partial charge >= 0.3 is 0 Å². The van der Waals surface area contributed by atoms with Crippen LogP contribution in [-0.2, 0) is 5.41 Å². The summed E-state index contributed by atoms with van der Waals surface area (Å²) in [6, 6.07) is 51.5. The minimum Gasteiger partial charge on any atom is -0.458 e. The average molecular weight is 588 g/mol. The van der Waals surface area contributed by atoms with Crippen LogP contribution < -0.4 is 30.4 Å². The van der Waals surface area contributed by atoms with Crippen LogP contribution in [0.4, 0.5) is 17.1 Å². The van der Waals surface area contributed by atoms with Crippen LogP contribution in [0.25, 0.3) is 0 Å². The maximum atomic E-state index is 6.76. The molecule has 3 heterocycles. The van der Waals surface area contributed by atoms with E-state index in [1.54, 1.807) is 0 Å². The molecule has 0 saturated carbocycles. The Kier molecular flexibility index (Phi) is 5.24. The predicted octanol–water partition coefficient (Wildman–Crippen LogP) is 7.74. The molecule has 3 aliphatic rings. The Bertz CT molecular complexity index is 1950. The molecule has 3 aliphatic heterocycles. The molecular formula is C39H29NOSSi. The molecule has 0 unspecified atom stereocenters. The molecule has 43 heavy (non-hydrogen) atoms. The van der Waals surface area contributed by atoms with Crippen molar-refractivity contribution in [2.75, 3.05) is 4.90 Å². The Labute approximate surface area is 257 Å². The molecule has 4 heteroatoms. The minimum absolute atomic E-state index is 0.103. The van der Waals surface area contributed by atoms with Gasteiger partial charge in [0.1, 0.15) is 11.5 Å². The zero-order valence-electron chi connectivity index (χ0n) is 24.0. The van der Waals surface area contributed by atoms with Crippen molar-refractivity contribution in [1.29, 1.82) is 0 Å². The SMILES string of the molecule is CC1(C)c2ccccc2N(c2ccc3c(c2)[Si]2(c4ccccc4O3)c3ccccc3Sc3ccccc32)c2ccccc21. The van der Waals surface area contributed by atoms with E-state index in [-0.39, 0.29) is 5.41 Å². The fourth-order valence-electron chi connectivity index (χ4n) is 7.69. The summed E-state index contributed by atoms with van der Waals surface area (Å²) in [5, 5.41) is 5.51. The summed E-state index contributed by atoms with van der Waals surface area (Å²) in [6.45, 7) is 4.68.